The Kier molecular flexibility index (Phi) is 18.8. The minimum atomic E-state index is -6.21. The van der Waals surface area contributed by atoms with Crippen LogP contribution < -0.4 is 8.37 Å². The van der Waals surface area contributed by atoms with Crippen LogP contribution in [0.5, 0.6) is 11.5 Å². The Morgan fingerprint density at radius 2 is 0.942 bits per heavy atom. The fourth-order valence-corrected chi connectivity index (χ4v) is 5.16. The van der Waals surface area contributed by atoms with Crippen molar-refractivity contribution in [3.63, 3.8) is 0 Å². The number of ether oxygens (including phenoxy) is 2. The van der Waals surface area contributed by atoms with Crippen molar-refractivity contribution in [1.82, 2.24) is 0 Å². The van der Waals surface area contributed by atoms with Crippen molar-refractivity contribution in [3.8, 4) is 11.5 Å². The van der Waals surface area contributed by atoms with Gasteiger partial charge in [0.15, 0.2) is 0 Å². The van der Waals surface area contributed by atoms with Gasteiger partial charge >= 0.3 is 43.2 Å². The molecule has 0 fully saturated rings. The molecule has 0 heterocycles. The Balaban J connectivity index is 0.000000526. The van der Waals surface area contributed by atoms with Gasteiger partial charge in [0, 0.05) is 30.0 Å². The third-order valence-corrected chi connectivity index (χ3v) is 8.49. The van der Waals surface area contributed by atoms with Crippen molar-refractivity contribution in [1.29, 1.82) is 0 Å². The summed E-state index contributed by atoms with van der Waals surface area (Å²) in [5.74, 6) is -2.83. The van der Waals surface area contributed by atoms with Gasteiger partial charge < -0.3 is 17.8 Å². The van der Waals surface area contributed by atoms with Crippen molar-refractivity contribution in [3.05, 3.63) is 58.7 Å². The molecule has 0 aliphatic carbocycles. The van der Waals surface area contributed by atoms with Crippen molar-refractivity contribution < 1.29 is 80.2 Å². The van der Waals surface area contributed by atoms with Crippen LogP contribution in [0.2, 0.25) is 0 Å². The van der Waals surface area contributed by atoms with E-state index < -0.39 is 48.3 Å². The second kappa shape index (κ2) is 21.4. The summed E-state index contributed by atoms with van der Waals surface area (Å²) in [7, 11) is -12.4. The van der Waals surface area contributed by atoms with E-state index in [-0.39, 0.29) is 24.3 Å². The molecule has 20 heteroatoms. The number of carbonyl (C=O) groups is 4. The van der Waals surface area contributed by atoms with Gasteiger partial charge in [-0.3, -0.25) is 19.2 Å². The molecule has 0 bridgehead atoms. The van der Waals surface area contributed by atoms with E-state index >= 15 is 0 Å². The third kappa shape index (κ3) is 16.9. The maximum atomic E-state index is 12.2. The molecule has 0 amide bonds. The number of benzene rings is 2. The Morgan fingerprint density at radius 3 is 1.27 bits per heavy atom. The Morgan fingerprint density at radius 1 is 0.577 bits per heavy atom. The first kappa shape index (κ1) is 45.8. The number of unbranched alkanes of at least 4 members (excludes halogenated alkanes) is 4. The summed E-state index contributed by atoms with van der Waals surface area (Å²) in [5, 5.41) is 0. The van der Waals surface area contributed by atoms with Crippen LogP contribution in [0.3, 0.4) is 0 Å². The molecule has 12 nitrogen and oxygen atoms in total. The second-order valence-corrected chi connectivity index (χ2v) is 13.8. The molecule has 292 valence electrons. The highest BCUT2D eigenvalue weighted by molar-refractivity contribution is 7.88. The monoisotopic (exact) mass is 792 g/mol. The average Bonchev–Trinajstić information content (AvgIpc) is 3.03. The lowest BCUT2D eigenvalue weighted by atomic mass is 9.98. The highest BCUT2D eigenvalue weighted by atomic mass is 32.2. The Labute approximate surface area is 297 Å². The molecule has 0 aliphatic rings. The van der Waals surface area contributed by atoms with Crippen LogP contribution in [-0.4, -0.2) is 65.6 Å². The minimum absolute atomic E-state index is 0.111. The largest absolute Gasteiger partial charge is 0.534 e. The number of rotatable bonds is 20. The molecule has 0 unspecified atom stereocenters. The molecule has 2 rings (SSSR count). The predicted octanol–water partition coefficient (Wildman–Crippen LogP) is 6.79. The predicted molar refractivity (Wildman–Crippen MR) is 172 cm³/mol. The number of halogens is 6. The second-order valence-electron chi connectivity index (χ2n) is 10.8. The van der Waals surface area contributed by atoms with E-state index in [4.69, 9.17) is 9.47 Å². The molecule has 0 radical (unpaired) electrons. The average molecular weight is 793 g/mol. The van der Waals surface area contributed by atoms with E-state index in [2.05, 4.69) is 14.4 Å². The zero-order valence-corrected chi connectivity index (χ0v) is 29.7. The van der Waals surface area contributed by atoms with E-state index in [9.17, 15) is 62.4 Å². The zero-order valence-electron chi connectivity index (χ0n) is 28.1. The van der Waals surface area contributed by atoms with Crippen LogP contribution in [0.25, 0.3) is 0 Å². The number of aldehydes is 2. The first-order chi connectivity index (χ1) is 24.2. The molecule has 0 aliphatic heterocycles. The van der Waals surface area contributed by atoms with Gasteiger partial charge in [0.1, 0.15) is 24.1 Å². The van der Waals surface area contributed by atoms with E-state index in [0.29, 0.717) is 43.8 Å². The van der Waals surface area contributed by atoms with Crippen LogP contribution in [0.15, 0.2) is 36.4 Å². The topological polar surface area (TPSA) is 173 Å². The number of alkyl halides is 6. The van der Waals surface area contributed by atoms with Crippen molar-refractivity contribution in [2.75, 3.05) is 13.2 Å². The lowest BCUT2D eigenvalue weighted by Gasteiger charge is -2.12. The Bertz CT molecular complexity index is 1600. The fraction of sp³-hybridized carbons (Fsp3) is 0.500. The highest BCUT2D eigenvalue weighted by Gasteiger charge is 2.50. The van der Waals surface area contributed by atoms with E-state index in [1.54, 1.807) is 0 Å². The van der Waals surface area contributed by atoms with Crippen LogP contribution in [-0.2, 0) is 52.1 Å². The molecule has 0 atom stereocenters. The summed E-state index contributed by atoms with van der Waals surface area (Å²) in [6.45, 7) is 4.50. The summed E-state index contributed by atoms with van der Waals surface area (Å²) in [4.78, 5) is 44.5. The summed E-state index contributed by atoms with van der Waals surface area (Å²) < 4.78 is 133. The molecule has 0 saturated carbocycles. The number of carbonyl (C=O) groups excluding carboxylic acids is 4. The first-order valence-electron chi connectivity index (χ1n) is 15.7. The van der Waals surface area contributed by atoms with E-state index in [1.807, 2.05) is 26.0 Å². The molecule has 0 spiro atoms. The molecule has 2 aromatic carbocycles. The molecule has 0 aromatic heterocycles. The molecule has 52 heavy (non-hydrogen) atoms. The van der Waals surface area contributed by atoms with Crippen LogP contribution in [0, 0.1) is 0 Å². The molecule has 0 saturated heterocycles. The van der Waals surface area contributed by atoms with Crippen LogP contribution in [0.4, 0.5) is 26.3 Å². The summed E-state index contributed by atoms with van der Waals surface area (Å²) in [6, 6.07) is 6.99. The number of hydrogen-bond acceptors (Lipinski definition) is 12. The van der Waals surface area contributed by atoms with E-state index in [0.717, 1.165) is 57.7 Å². The van der Waals surface area contributed by atoms with Crippen LogP contribution >= 0.6 is 0 Å². The number of hydrogen-bond donors (Lipinski definition) is 0. The maximum Gasteiger partial charge on any atom is 0.534 e. The van der Waals surface area contributed by atoms with Crippen molar-refractivity contribution in [2.45, 2.75) is 89.1 Å². The van der Waals surface area contributed by atoms with Gasteiger partial charge in [-0.1, -0.05) is 18.9 Å². The van der Waals surface area contributed by atoms with Crippen LogP contribution in [0.1, 0.15) is 97.1 Å². The zero-order chi connectivity index (χ0) is 39.6. The van der Waals surface area contributed by atoms with Gasteiger partial charge in [0.2, 0.25) is 0 Å². The fourth-order valence-electron chi connectivity index (χ4n) is 4.27. The van der Waals surface area contributed by atoms with Crippen molar-refractivity contribution >= 4 is 44.7 Å². The van der Waals surface area contributed by atoms with Gasteiger partial charge in [0.25, 0.3) is 0 Å². The highest BCUT2D eigenvalue weighted by Crippen LogP contribution is 2.32. The standard InChI is InChI=1S/C23H34O5.C9H4F6O7S2/c1-3-27-22(25)13-9-5-7-11-19-15-20(17-21(16-19)18-24)12-8-6-10-14-23(26)28-4-2;10-8(11,12)23(17,18)21-6-1-5(4-16)2-7(3-6)22-24(19,20)9(13,14)15/h15-18H,3-14H2,1-2H3;1-4H. The van der Waals surface area contributed by atoms with Gasteiger partial charge in [-0.15, -0.1) is 0 Å². The third-order valence-electron chi connectivity index (χ3n) is 6.53. The van der Waals surface area contributed by atoms with Crippen molar-refractivity contribution in [2.24, 2.45) is 0 Å². The van der Waals surface area contributed by atoms with Gasteiger partial charge in [0.05, 0.1) is 13.2 Å². The van der Waals surface area contributed by atoms with Gasteiger partial charge in [-0.25, -0.2) is 0 Å². The van der Waals surface area contributed by atoms with Gasteiger partial charge in [-0.05, 0) is 87.8 Å². The summed E-state index contributed by atoms with van der Waals surface area (Å²) in [5.41, 5.74) is -9.40. The quantitative estimate of drug-likeness (QED) is 0.0344. The van der Waals surface area contributed by atoms with Gasteiger partial charge in [-0.2, -0.15) is 43.2 Å². The smallest absolute Gasteiger partial charge is 0.466 e. The molecular formula is C32H38F6O12S2. The molecule has 2 aromatic rings. The van der Waals surface area contributed by atoms with E-state index in [1.165, 1.54) is 11.1 Å². The SMILES string of the molecule is CCOC(=O)CCCCCc1cc(C=O)cc(CCCCCC(=O)OCC)c1.O=Cc1cc(OS(=O)(=O)C(F)(F)F)cc(OS(=O)(=O)C(F)(F)F)c1. The normalized spacial score (nSPS) is 11.8. The summed E-state index contributed by atoms with van der Waals surface area (Å²) >= 11 is 0. The molecule has 0 N–H and O–H groups in total. The minimum Gasteiger partial charge on any atom is -0.466 e. The summed E-state index contributed by atoms with van der Waals surface area (Å²) in [6.07, 6.45) is 9.09. The first-order valence-corrected chi connectivity index (χ1v) is 18.5. The maximum absolute atomic E-state index is 12.2. The Hall–Kier alpha value is -4.20. The number of aryl methyl sites for hydroxylation is 2. The lowest BCUT2D eigenvalue weighted by molar-refractivity contribution is -0.144. The number of esters is 2. The molecular weight excluding hydrogens is 754 g/mol. The lowest BCUT2D eigenvalue weighted by Crippen LogP contribution is -2.29.